The van der Waals surface area contributed by atoms with Gasteiger partial charge < -0.3 is 53.2 Å². The Morgan fingerprint density at radius 3 is 1.13 bits per heavy atom. The van der Waals surface area contributed by atoms with Gasteiger partial charge in [-0.15, -0.1) is 0 Å². The van der Waals surface area contributed by atoms with Crippen molar-refractivity contribution in [2.45, 2.75) is 164 Å². The van der Waals surface area contributed by atoms with E-state index in [0.29, 0.717) is 64.2 Å². The zero-order chi connectivity index (χ0) is 59.5. The molecule has 10 N–H and O–H groups in total. The number of nitrogens with two attached hydrogens (primary N) is 2. The highest BCUT2D eigenvalue weighted by atomic mass is 16.2. The first-order valence-electron chi connectivity index (χ1n) is 29.8. The molecule has 0 aromatic heterocycles. The molecule has 4 heterocycles. The van der Waals surface area contributed by atoms with Gasteiger partial charge in [-0.25, -0.2) is 0 Å². The molecule has 442 valence electrons. The standard InChI is InChI=1S/C66H80N10O8/c1-3-51(67)61(79)73-59-47(33-35-49-37-39-53(75(49)65(59)83)63(81)71-57(43-23-13-9-14-24-43)44-25-15-10-16-26-44)41-69-55(77)31-21-7-5-6-8-22-32-56(78)70-42-48-34-36-50-38-40-54(76(50)66(84)60(48)74-62(80)52(68)4-2)64(82)72-58(45-27-17-11-18-28-45)46-29-19-12-20-30-46/h9-20,23-30,47-54,57-60H,3-4,21-22,31-42,67-68H2,1-2H3,(H,69,77)(H,70,78)(H,71,81)(H,72,82)(H,73,79)(H,74,80)/t47-,48-,49+,50?,51+,52+,53+,54+,59+,60+/m1/s1. The van der Waals surface area contributed by atoms with Crippen LogP contribution in [-0.4, -0.2) is 118 Å². The molecule has 8 amide bonds. The van der Waals surface area contributed by atoms with Crippen LogP contribution in [-0.2, 0) is 38.4 Å². The molecule has 0 aliphatic carbocycles. The van der Waals surface area contributed by atoms with Gasteiger partial charge >= 0.3 is 0 Å². The van der Waals surface area contributed by atoms with Crippen LogP contribution in [0.4, 0.5) is 0 Å². The molecule has 8 rings (SSSR count). The third-order valence-electron chi connectivity index (χ3n) is 16.9. The van der Waals surface area contributed by atoms with Gasteiger partial charge in [0.1, 0.15) is 24.2 Å². The molecule has 4 aliphatic rings. The SMILES string of the molecule is CC[C@H](N)C(=O)N[C@@H]1C(=O)N2C(CC[C@@H]1CNC(=O)CCC#CC#CCCC(=O)NC[C@H]1CC[C@H]3CC[C@@H](C(=O)NC(c4ccccc4)c4ccccc4)N3C(=O)[C@H]1NC(=O)[C@@H](N)CC)CC[C@H]2C(=O)NC(c1ccccc1)c1ccccc1. The van der Waals surface area contributed by atoms with E-state index >= 15 is 0 Å². The van der Waals surface area contributed by atoms with E-state index in [1.54, 1.807) is 23.6 Å². The number of nitrogens with zero attached hydrogens (tertiary/aromatic N) is 2. The maximum absolute atomic E-state index is 14.6. The maximum Gasteiger partial charge on any atom is 0.246 e. The van der Waals surface area contributed by atoms with E-state index in [9.17, 15) is 38.4 Å². The Morgan fingerprint density at radius 1 is 0.488 bits per heavy atom. The van der Waals surface area contributed by atoms with E-state index in [4.69, 9.17) is 11.5 Å². The summed E-state index contributed by atoms with van der Waals surface area (Å²) in [6, 6.07) is 32.1. The van der Waals surface area contributed by atoms with Crippen molar-refractivity contribution in [1.29, 1.82) is 0 Å². The summed E-state index contributed by atoms with van der Waals surface area (Å²) in [5.74, 6) is 7.50. The van der Waals surface area contributed by atoms with Gasteiger partial charge in [0.15, 0.2) is 0 Å². The number of carbonyl (C=O) groups is 8. The van der Waals surface area contributed by atoms with Crippen LogP contribution < -0.4 is 43.4 Å². The molecule has 4 aromatic rings. The predicted molar refractivity (Wildman–Crippen MR) is 319 cm³/mol. The first kappa shape index (κ1) is 61.7. The van der Waals surface area contributed by atoms with Crippen molar-refractivity contribution in [3.63, 3.8) is 0 Å². The molecule has 4 saturated heterocycles. The minimum atomic E-state index is -1.02. The third kappa shape index (κ3) is 15.9. The molecule has 1 unspecified atom stereocenters. The van der Waals surface area contributed by atoms with Crippen LogP contribution in [0, 0.1) is 35.5 Å². The summed E-state index contributed by atoms with van der Waals surface area (Å²) in [6.45, 7) is 3.78. The Bertz CT molecular complexity index is 2770. The van der Waals surface area contributed by atoms with Crippen molar-refractivity contribution in [3.8, 4) is 23.7 Å². The second-order valence-corrected chi connectivity index (χ2v) is 22.4. The van der Waals surface area contributed by atoms with Crippen molar-refractivity contribution in [2.75, 3.05) is 13.1 Å². The number of hydrogen-bond acceptors (Lipinski definition) is 10. The molecule has 10 atom stereocenters. The third-order valence-corrected chi connectivity index (χ3v) is 16.9. The molecule has 4 fully saturated rings. The van der Waals surface area contributed by atoms with Gasteiger partial charge in [0.2, 0.25) is 47.3 Å². The second kappa shape index (κ2) is 30.3. The van der Waals surface area contributed by atoms with Gasteiger partial charge in [-0.05, 0) is 98.3 Å². The quantitative estimate of drug-likeness (QED) is 0.0508. The molecule has 0 spiro atoms. The fourth-order valence-electron chi connectivity index (χ4n) is 12.1. The molecule has 0 saturated carbocycles. The minimum Gasteiger partial charge on any atom is -0.356 e. The minimum absolute atomic E-state index is 0.0569. The lowest BCUT2D eigenvalue weighted by Crippen LogP contribution is -2.59. The zero-order valence-corrected chi connectivity index (χ0v) is 48.1. The number of hydrogen-bond donors (Lipinski definition) is 8. The highest BCUT2D eigenvalue weighted by Gasteiger charge is 2.50. The van der Waals surface area contributed by atoms with E-state index in [0.717, 1.165) is 22.3 Å². The number of fused-ring (bicyclic) bond motifs is 2. The molecule has 0 radical (unpaired) electrons. The van der Waals surface area contributed by atoms with Gasteiger partial charge in [0, 0.05) is 62.7 Å². The zero-order valence-electron chi connectivity index (χ0n) is 48.1. The summed E-state index contributed by atoms with van der Waals surface area (Å²) in [6.07, 6.45) is 5.59. The number of benzene rings is 4. The van der Waals surface area contributed by atoms with E-state index in [1.807, 2.05) is 121 Å². The highest BCUT2D eigenvalue weighted by molar-refractivity contribution is 5.96. The molecular weight excluding hydrogens is 1060 g/mol. The van der Waals surface area contributed by atoms with Crippen molar-refractivity contribution < 1.29 is 38.4 Å². The lowest BCUT2D eigenvalue weighted by atomic mass is 9.92. The average molecular weight is 1140 g/mol. The van der Waals surface area contributed by atoms with Crippen LogP contribution in [0.2, 0.25) is 0 Å². The summed E-state index contributed by atoms with van der Waals surface area (Å²) in [5.41, 5.74) is 15.9. The average Bonchev–Trinajstić information content (AvgIpc) is 4.18. The van der Waals surface area contributed by atoms with E-state index in [-0.39, 0.29) is 86.3 Å². The Kier molecular flexibility index (Phi) is 22.3. The predicted octanol–water partition coefficient (Wildman–Crippen LogP) is 4.58. The topological polar surface area (TPSA) is 267 Å². The lowest BCUT2D eigenvalue weighted by molar-refractivity contribution is -0.143. The van der Waals surface area contributed by atoms with Gasteiger partial charge in [-0.1, -0.05) is 147 Å². The molecule has 18 heteroatoms. The maximum atomic E-state index is 14.6. The normalized spacial score (nSPS) is 22.5. The van der Waals surface area contributed by atoms with Crippen LogP contribution in [0.15, 0.2) is 121 Å². The summed E-state index contributed by atoms with van der Waals surface area (Å²) in [5, 5.41) is 18.1. The largest absolute Gasteiger partial charge is 0.356 e. The van der Waals surface area contributed by atoms with Gasteiger partial charge in [0.05, 0.1) is 24.2 Å². The van der Waals surface area contributed by atoms with Crippen LogP contribution in [0.25, 0.3) is 0 Å². The molecule has 4 aliphatic heterocycles. The number of rotatable bonds is 22. The first-order valence-corrected chi connectivity index (χ1v) is 29.8. The fraction of sp³-hybridized carbons (Fsp3) is 0.455. The van der Waals surface area contributed by atoms with E-state index in [1.165, 1.54) is 0 Å². The second-order valence-electron chi connectivity index (χ2n) is 22.4. The molecule has 84 heavy (non-hydrogen) atoms. The summed E-state index contributed by atoms with van der Waals surface area (Å²) < 4.78 is 0. The first-order chi connectivity index (χ1) is 40.8. The number of nitrogens with one attached hydrogen (secondary N) is 6. The van der Waals surface area contributed by atoms with Crippen LogP contribution in [0.3, 0.4) is 0 Å². The summed E-state index contributed by atoms with van der Waals surface area (Å²) in [4.78, 5) is 114. The highest BCUT2D eigenvalue weighted by Crippen LogP contribution is 2.37. The summed E-state index contributed by atoms with van der Waals surface area (Å²) in [7, 11) is 0. The van der Waals surface area contributed by atoms with Crippen LogP contribution in [0.1, 0.15) is 138 Å². The molecule has 4 aromatic carbocycles. The number of carbonyl (C=O) groups excluding carboxylic acids is 8. The van der Waals surface area contributed by atoms with Crippen molar-refractivity contribution >= 4 is 47.3 Å². The summed E-state index contributed by atoms with van der Waals surface area (Å²) >= 11 is 0. The Morgan fingerprint density at radius 2 is 0.810 bits per heavy atom. The van der Waals surface area contributed by atoms with E-state index < -0.39 is 72.0 Å². The lowest BCUT2D eigenvalue weighted by Gasteiger charge is -2.33. The van der Waals surface area contributed by atoms with Crippen LogP contribution in [0.5, 0.6) is 0 Å². The fourth-order valence-corrected chi connectivity index (χ4v) is 12.1. The van der Waals surface area contributed by atoms with Crippen molar-refractivity contribution in [1.82, 2.24) is 41.7 Å². The van der Waals surface area contributed by atoms with Crippen LogP contribution >= 0.6 is 0 Å². The van der Waals surface area contributed by atoms with Crippen molar-refractivity contribution in [3.05, 3.63) is 144 Å². The monoisotopic (exact) mass is 1140 g/mol. The van der Waals surface area contributed by atoms with Gasteiger partial charge in [0.25, 0.3) is 0 Å². The smallest absolute Gasteiger partial charge is 0.246 e. The number of amides is 8. The van der Waals surface area contributed by atoms with Crippen molar-refractivity contribution in [2.24, 2.45) is 23.3 Å². The Hall–Kier alpha value is -8.32. The van der Waals surface area contributed by atoms with Gasteiger partial charge in [-0.3, -0.25) is 38.4 Å². The molecule has 0 bridgehead atoms. The molecular formula is C66H80N10O8. The van der Waals surface area contributed by atoms with E-state index in [2.05, 4.69) is 55.6 Å². The Labute approximate surface area is 493 Å². The molecule has 18 nitrogen and oxygen atoms in total. The van der Waals surface area contributed by atoms with Gasteiger partial charge in [-0.2, -0.15) is 0 Å². The Balaban J connectivity index is 0.815.